The van der Waals surface area contributed by atoms with E-state index in [0.29, 0.717) is 0 Å². The van der Waals surface area contributed by atoms with Crippen LogP contribution in [0.3, 0.4) is 0 Å². The van der Waals surface area contributed by atoms with Gasteiger partial charge in [0.1, 0.15) is 5.60 Å². The lowest BCUT2D eigenvalue weighted by molar-refractivity contribution is -0.0440. The zero-order chi connectivity index (χ0) is 15.9. The minimum atomic E-state index is -0.416. The number of hydrogen-bond acceptors (Lipinski definition) is 3. The molecule has 2 aliphatic rings. The van der Waals surface area contributed by atoms with Crippen molar-refractivity contribution < 1.29 is 9.53 Å². The average Bonchev–Trinajstić information content (AvgIpc) is 2.83. The Morgan fingerprint density at radius 1 is 1.09 bits per heavy atom. The molecule has 4 rings (SSSR count). The number of carbonyl (C=O) groups excluding carboxylic acids is 1. The molecule has 2 heterocycles. The first kappa shape index (κ1) is 14.9. The van der Waals surface area contributed by atoms with Gasteiger partial charge in [0.25, 0.3) is 0 Å². The van der Waals surface area contributed by atoms with Crippen LogP contribution in [0.1, 0.15) is 34.3 Å². The molecule has 1 spiro atoms. The third-order valence-electron chi connectivity index (χ3n) is 4.89. The number of nitrogens with zero attached hydrogens (tertiary/aromatic N) is 1. The Balaban J connectivity index is 1.51. The molecular formula is C19H18BrNO2. The Labute approximate surface area is 144 Å². The Hall–Kier alpha value is -1.65. The predicted molar refractivity (Wildman–Crippen MR) is 92.2 cm³/mol. The van der Waals surface area contributed by atoms with E-state index in [1.165, 1.54) is 5.56 Å². The van der Waals surface area contributed by atoms with Gasteiger partial charge < -0.3 is 4.74 Å². The van der Waals surface area contributed by atoms with E-state index in [1.54, 1.807) is 0 Å². The summed E-state index contributed by atoms with van der Waals surface area (Å²) in [6.07, 6.45) is 1.72. The number of hydrogen-bond donors (Lipinski definition) is 0. The van der Waals surface area contributed by atoms with Gasteiger partial charge in [0.15, 0.2) is 0 Å². The fourth-order valence-corrected chi connectivity index (χ4v) is 4.02. The van der Waals surface area contributed by atoms with Crippen LogP contribution in [0.4, 0.5) is 0 Å². The van der Waals surface area contributed by atoms with Crippen LogP contribution in [0.5, 0.6) is 0 Å². The van der Waals surface area contributed by atoms with Gasteiger partial charge >= 0.3 is 5.97 Å². The summed E-state index contributed by atoms with van der Waals surface area (Å²) in [6.45, 7) is 2.84. The van der Waals surface area contributed by atoms with Crippen molar-refractivity contribution in [1.82, 2.24) is 4.90 Å². The smallest absolute Gasteiger partial charge is 0.339 e. The Kier molecular flexibility index (Phi) is 3.74. The molecule has 4 heteroatoms. The monoisotopic (exact) mass is 371 g/mol. The molecule has 0 radical (unpaired) electrons. The van der Waals surface area contributed by atoms with E-state index >= 15 is 0 Å². The molecule has 2 aliphatic heterocycles. The largest absolute Gasteiger partial charge is 0.450 e. The van der Waals surface area contributed by atoms with E-state index in [2.05, 4.69) is 45.1 Å². The lowest BCUT2D eigenvalue weighted by Crippen LogP contribution is -2.42. The first-order chi connectivity index (χ1) is 11.2. The van der Waals surface area contributed by atoms with Gasteiger partial charge in [-0.25, -0.2) is 4.79 Å². The molecule has 0 saturated carbocycles. The highest BCUT2D eigenvalue weighted by atomic mass is 79.9. The minimum Gasteiger partial charge on any atom is -0.450 e. The van der Waals surface area contributed by atoms with Gasteiger partial charge in [0, 0.05) is 42.5 Å². The molecule has 23 heavy (non-hydrogen) atoms. The van der Waals surface area contributed by atoms with Crippen LogP contribution in [-0.2, 0) is 16.9 Å². The number of likely N-dealkylation sites (tertiary alicyclic amines) is 1. The molecule has 1 saturated heterocycles. The van der Waals surface area contributed by atoms with Gasteiger partial charge in [-0.3, -0.25) is 4.90 Å². The number of piperidine rings is 1. The zero-order valence-corrected chi connectivity index (χ0v) is 14.4. The van der Waals surface area contributed by atoms with Gasteiger partial charge in [-0.2, -0.15) is 0 Å². The number of carbonyl (C=O) groups is 1. The van der Waals surface area contributed by atoms with Crippen LogP contribution >= 0.6 is 15.9 Å². The number of fused-ring (bicyclic) bond motifs is 2. The molecule has 0 bridgehead atoms. The average molecular weight is 372 g/mol. The van der Waals surface area contributed by atoms with E-state index < -0.39 is 5.60 Å². The van der Waals surface area contributed by atoms with Gasteiger partial charge in [-0.1, -0.05) is 52.3 Å². The molecule has 0 N–H and O–H groups in total. The molecule has 0 unspecified atom stereocenters. The van der Waals surface area contributed by atoms with Crippen LogP contribution in [0.25, 0.3) is 0 Å². The Morgan fingerprint density at radius 2 is 1.83 bits per heavy atom. The van der Waals surface area contributed by atoms with E-state index in [1.807, 2.05) is 24.3 Å². The zero-order valence-electron chi connectivity index (χ0n) is 12.8. The van der Waals surface area contributed by atoms with Crippen molar-refractivity contribution in [2.45, 2.75) is 25.0 Å². The summed E-state index contributed by atoms with van der Waals surface area (Å²) < 4.78 is 6.75. The number of ether oxygens (including phenoxy) is 1. The maximum absolute atomic E-state index is 12.2. The Bertz CT molecular complexity index is 736. The van der Waals surface area contributed by atoms with Crippen LogP contribution in [0.15, 0.2) is 53.0 Å². The van der Waals surface area contributed by atoms with Gasteiger partial charge in [-0.15, -0.1) is 0 Å². The summed E-state index contributed by atoms with van der Waals surface area (Å²) in [5.41, 5.74) is 2.69. The third kappa shape index (κ3) is 2.70. The standard InChI is InChI=1S/C19H18BrNO2/c20-15-6-7-17-16(12-15)18(22)23-19(17)8-10-21(11-9-19)13-14-4-2-1-3-5-14/h1-7,12H,8-11,13H2. The minimum absolute atomic E-state index is 0.183. The number of halogens is 1. The van der Waals surface area contributed by atoms with E-state index in [0.717, 1.165) is 48.1 Å². The van der Waals surface area contributed by atoms with E-state index in [-0.39, 0.29) is 5.97 Å². The highest BCUT2D eigenvalue weighted by Gasteiger charge is 2.47. The van der Waals surface area contributed by atoms with Crippen molar-refractivity contribution in [3.05, 3.63) is 69.7 Å². The lowest BCUT2D eigenvalue weighted by Gasteiger charge is -2.38. The summed E-state index contributed by atoms with van der Waals surface area (Å²) in [5.74, 6) is -0.183. The second kappa shape index (κ2) is 5.77. The molecule has 2 aromatic rings. The van der Waals surface area contributed by atoms with Crippen LogP contribution in [-0.4, -0.2) is 24.0 Å². The highest BCUT2D eigenvalue weighted by molar-refractivity contribution is 9.10. The fraction of sp³-hybridized carbons (Fsp3) is 0.316. The molecule has 118 valence electrons. The van der Waals surface area contributed by atoms with Crippen LogP contribution in [0.2, 0.25) is 0 Å². The SMILES string of the molecule is O=C1OC2(CCN(Cc3ccccc3)CC2)c2ccc(Br)cc21. The predicted octanol–water partition coefficient (Wildman–Crippen LogP) is 4.11. The second-order valence-corrected chi connectivity index (χ2v) is 7.25. The van der Waals surface area contributed by atoms with Crippen molar-refractivity contribution in [3.63, 3.8) is 0 Å². The maximum Gasteiger partial charge on any atom is 0.339 e. The summed E-state index contributed by atoms with van der Waals surface area (Å²) >= 11 is 3.44. The summed E-state index contributed by atoms with van der Waals surface area (Å²) in [4.78, 5) is 14.6. The van der Waals surface area contributed by atoms with Crippen molar-refractivity contribution in [2.75, 3.05) is 13.1 Å². The van der Waals surface area contributed by atoms with Crippen LogP contribution < -0.4 is 0 Å². The van der Waals surface area contributed by atoms with Crippen molar-refractivity contribution in [2.24, 2.45) is 0 Å². The quantitative estimate of drug-likeness (QED) is 0.743. The third-order valence-corrected chi connectivity index (χ3v) is 5.39. The topological polar surface area (TPSA) is 29.5 Å². The van der Waals surface area contributed by atoms with E-state index in [4.69, 9.17) is 4.74 Å². The van der Waals surface area contributed by atoms with E-state index in [9.17, 15) is 4.79 Å². The molecule has 3 nitrogen and oxygen atoms in total. The first-order valence-electron chi connectivity index (χ1n) is 7.96. The number of esters is 1. The molecule has 0 aromatic heterocycles. The fourth-order valence-electron chi connectivity index (χ4n) is 3.66. The molecule has 0 atom stereocenters. The first-order valence-corrected chi connectivity index (χ1v) is 8.75. The maximum atomic E-state index is 12.2. The van der Waals surface area contributed by atoms with Crippen molar-refractivity contribution in [1.29, 1.82) is 0 Å². The molecule has 0 amide bonds. The van der Waals surface area contributed by atoms with Crippen molar-refractivity contribution >= 4 is 21.9 Å². The summed E-state index contributed by atoms with van der Waals surface area (Å²) in [7, 11) is 0. The molecular weight excluding hydrogens is 354 g/mol. The lowest BCUT2D eigenvalue weighted by atomic mass is 9.83. The molecule has 2 aromatic carbocycles. The normalized spacial score (nSPS) is 19.6. The highest BCUT2D eigenvalue weighted by Crippen LogP contribution is 2.44. The Morgan fingerprint density at radius 3 is 2.57 bits per heavy atom. The van der Waals surface area contributed by atoms with Gasteiger partial charge in [0.2, 0.25) is 0 Å². The molecule has 1 fully saturated rings. The summed E-state index contributed by atoms with van der Waals surface area (Å²) in [5, 5.41) is 0. The van der Waals surface area contributed by atoms with Gasteiger partial charge in [0.05, 0.1) is 5.56 Å². The number of benzene rings is 2. The molecule has 0 aliphatic carbocycles. The summed E-state index contributed by atoms with van der Waals surface area (Å²) in [6, 6.07) is 16.4. The second-order valence-electron chi connectivity index (χ2n) is 6.34. The van der Waals surface area contributed by atoms with Gasteiger partial charge in [-0.05, 0) is 17.7 Å². The van der Waals surface area contributed by atoms with Crippen LogP contribution in [0, 0.1) is 0 Å². The number of rotatable bonds is 2. The van der Waals surface area contributed by atoms with Crippen molar-refractivity contribution in [3.8, 4) is 0 Å².